The van der Waals surface area contributed by atoms with E-state index in [0.717, 1.165) is 0 Å². The Hall–Kier alpha value is -1.63. The van der Waals surface area contributed by atoms with Crippen LogP contribution in [0, 0.1) is 5.92 Å². The molecule has 0 aliphatic carbocycles. The number of esters is 2. The lowest BCUT2D eigenvalue weighted by Gasteiger charge is -2.14. The molecule has 7 heteroatoms. The van der Waals surface area contributed by atoms with Crippen LogP contribution < -0.4 is 5.73 Å². The molecule has 0 amide bonds. The monoisotopic (exact) mass is 275 g/mol. The Morgan fingerprint density at radius 3 is 2.26 bits per heavy atom. The van der Waals surface area contributed by atoms with Crippen molar-refractivity contribution in [1.82, 2.24) is 0 Å². The quantitative estimate of drug-likeness (QED) is 0.612. The van der Waals surface area contributed by atoms with E-state index in [-0.39, 0.29) is 18.8 Å². The summed E-state index contributed by atoms with van der Waals surface area (Å²) in [5, 5.41) is 8.56. The third-order valence-corrected chi connectivity index (χ3v) is 2.18. The van der Waals surface area contributed by atoms with Gasteiger partial charge in [-0.2, -0.15) is 0 Å². The Morgan fingerprint density at radius 2 is 1.79 bits per heavy atom. The highest BCUT2D eigenvalue weighted by Crippen LogP contribution is 2.03. The molecule has 0 bridgehead atoms. The first-order valence-electron chi connectivity index (χ1n) is 6.08. The van der Waals surface area contributed by atoms with Crippen molar-refractivity contribution in [2.24, 2.45) is 11.7 Å². The summed E-state index contributed by atoms with van der Waals surface area (Å²) in [6.07, 6.45) is -1.21. The van der Waals surface area contributed by atoms with E-state index >= 15 is 0 Å². The fourth-order valence-corrected chi connectivity index (χ4v) is 1.04. The van der Waals surface area contributed by atoms with Gasteiger partial charge in [0.15, 0.2) is 6.10 Å². The van der Waals surface area contributed by atoms with Crippen molar-refractivity contribution in [3.8, 4) is 0 Å². The van der Waals surface area contributed by atoms with Gasteiger partial charge in [0, 0.05) is 6.42 Å². The van der Waals surface area contributed by atoms with Crippen LogP contribution in [0.3, 0.4) is 0 Å². The molecule has 0 aromatic rings. The molecule has 0 spiro atoms. The molecule has 7 nitrogen and oxygen atoms in total. The lowest BCUT2D eigenvalue weighted by Crippen LogP contribution is -2.36. The van der Waals surface area contributed by atoms with Gasteiger partial charge in [-0.3, -0.25) is 9.59 Å². The number of carbonyl (C=O) groups excluding carboxylic acids is 2. The van der Waals surface area contributed by atoms with Crippen LogP contribution in [0.5, 0.6) is 0 Å². The van der Waals surface area contributed by atoms with E-state index in [1.165, 1.54) is 6.92 Å². The van der Waals surface area contributed by atoms with Crippen molar-refractivity contribution in [2.45, 2.75) is 45.8 Å². The van der Waals surface area contributed by atoms with E-state index in [1.807, 2.05) is 13.8 Å². The second kappa shape index (κ2) is 8.47. The average Bonchev–Trinajstić information content (AvgIpc) is 2.32. The zero-order valence-corrected chi connectivity index (χ0v) is 11.4. The first kappa shape index (κ1) is 17.4. The third kappa shape index (κ3) is 8.15. The molecule has 0 aromatic carbocycles. The number of hydrogen-bond donors (Lipinski definition) is 2. The van der Waals surface area contributed by atoms with E-state index < -0.39 is 30.1 Å². The van der Waals surface area contributed by atoms with Gasteiger partial charge in [0.1, 0.15) is 6.04 Å². The van der Waals surface area contributed by atoms with Gasteiger partial charge < -0.3 is 20.3 Å². The number of carbonyl (C=O) groups is 3. The molecule has 0 aromatic heterocycles. The van der Waals surface area contributed by atoms with Gasteiger partial charge >= 0.3 is 17.9 Å². The van der Waals surface area contributed by atoms with Gasteiger partial charge in [0.05, 0.1) is 6.61 Å². The molecule has 0 fully saturated rings. The molecule has 0 heterocycles. The minimum Gasteiger partial charge on any atom is -0.479 e. The van der Waals surface area contributed by atoms with Crippen LogP contribution in [0.15, 0.2) is 0 Å². The minimum atomic E-state index is -1.26. The number of nitrogens with two attached hydrogens (primary N) is 1. The molecule has 19 heavy (non-hydrogen) atoms. The van der Waals surface area contributed by atoms with Crippen molar-refractivity contribution in [2.75, 3.05) is 6.61 Å². The summed E-state index contributed by atoms with van der Waals surface area (Å²) >= 11 is 0. The first-order valence-corrected chi connectivity index (χ1v) is 6.08. The van der Waals surface area contributed by atoms with Gasteiger partial charge in [-0.15, -0.1) is 0 Å². The van der Waals surface area contributed by atoms with E-state index in [4.69, 9.17) is 15.6 Å². The standard InChI is InChI=1S/C12H21NO6/c1-7(2)6-18-10(14)5-4-9(13)12(17)19-8(3)11(15)16/h7-9H,4-6,13H2,1-3H3,(H,15,16)/t8-,9-/m0/s1. The highest BCUT2D eigenvalue weighted by molar-refractivity contribution is 5.81. The molecular weight excluding hydrogens is 254 g/mol. The fourth-order valence-electron chi connectivity index (χ4n) is 1.04. The van der Waals surface area contributed by atoms with Crippen molar-refractivity contribution in [3.63, 3.8) is 0 Å². The van der Waals surface area contributed by atoms with Crippen molar-refractivity contribution in [1.29, 1.82) is 0 Å². The van der Waals surface area contributed by atoms with Crippen molar-refractivity contribution < 1.29 is 29.0 Å². The maximum atomic E-state index is 11.4. The number of ether oxygens (including phenoxy) is 2. The van der Waals surface area contributed by atoms with Crippen LogP contribution in [0.4, 0.5) is 0 Å². The maximum absolute atomic E-state index is 11.4. The predicted molar refractivity (Wildman–Crippen MR) is 66.2 cm³/mol. The number of carboxylic acids is 1. The topological polar surface area (TPSA) is 116 Å². The summed E-state index contributed by atoms with van der Waals surface area (Å²) in [6.45, 7) is 5.35. The van der Waals surface area contributed by atoms with Crippen molar-refractivity contribution >= 4 is 17.9 Å². The second-order valence-electron chi connectivity index (χ2n) is 4.64. The van der Waals surface area contributed by atoms with Crippen molar-refractivity contribution in [3.05, 3.63) is 0 Å². The van der Waals surface area contributed by atoms with E-state index in [2.05, 4.69) is 4.74 Å². The molecular formula is C12H21NO6. The Bertz CT molecular complexity index is 328. The minimum absolute atomic E-state index is 0.00949. The molecule has 0 saturated heterocycles. The number of carboxylic acid groups (broad SMARTS) is 1. The molecule has 0 saturated carbocycles. The number of hydrogen-bond acceptors (Lipinski definition) is 6. The van der Waals surface area contributed by atoms with Gasteiger partial charge in [-0.25, -0.2) is 4.79 Å². The Kier molecular flexibility index (Phi) is 7.74. The summed E-state index contributed by atoms with van der Waals surface area (Å²) in [7, 11) is 0. The molecule has 0 radical (unpaired) electrons. The molecule has 0 unspecified atom stereocenters. The average molecular weight is 275 g/mol. The molecule has 110 valence electrons. The van der Waals surface area contributed by atoms with Gasteiger partial charge in [-0.05, 0) is 19.3 Å². The van der Waals surface area contributed by atoms with Gasteiger partial charge in [0.2, 0.25) is 0 Å². The summed E-state index contributed by atoms with van der Waals surface area (Å²) in [6, 6.07) is -1.03. The van der Waals surface area contributed by atoms with Gasteiger partial charge in [0.25, 0.3) is 0 Å². The highest BCUT2D eigenvalue weighted by Gasteiger charge is 2.22. The largest absolute Gasteiger partial charge is 0.479 e. The van der Waals surface area contributed by atoms with Crippen LogP contribution in [-0.2, 0) is 23.9 Å². The Balaban J connectivity index is 3.96. The fraction of sp³-hybridized carbons (Fsp3) is 0.750. The summed E-state index contributed by atoms with van der Waals surface area (Å²) in [5.74, 6) is -2.30. The molecule has 2 atom stereocenters. The first-order chi connectivity index (χ1) is 8.73. The summed E-state index contributed by atoms with van der Waals surface area (Å²) in [5.41, 5.74) is 5.49. The van der Waals surface area contributed by atoms with Crippen LogP contribution in [0.25, 0.3) is 0 Å². The predicted octanol–water partition coefficient (Wildman–Crippen LogP) is 0.309. The van der Waals surface area contributed by atoms with Crippen LogP contribution in [0.1, 0.15) is 33.6 Å². The summed E-state index contributed by atoms with van der Waals surface area (Å²) in [4.78, 5) is 33.1. The Labute approximate surface area is 112 Å². The lowest BCUT2D eigenvalue weighted by molar-refractivity contribution is -0.163. The zero-order valence-electron chi connectivity index (χ0n) is 11.4. The number of aliphatic carboxylic acids is 1. The smallest absolute Gasteiger partial charge is 0.344 e. The van der Waals surface area contributed by atoms with E-state index in [0.29, 0.717) is 6.61 Å². The molecule has 0 aliphatic heterocycles. The Morgan fingerprint density at radius 1 is 1.21 bits per heavy atom. The molecule has 0 aliphatic rings. The molecule has 3 N–H and O–H groups in total. The van der Waals surface area contributed by atoms with E-state index in [9.17, 15) is 14.4 Å². The number of rotatable bonds is 8. The third-order valence-electron chi connectivity index (χ3n) is 2.18. The second-order valence-corrected chi connectivity index (χ2v) is 4.64. The zero-order chi connectivity index (χ0) is 15.0. The van der Waals surface area contributed by atoms with Gasteiger partial charge in [-0.1, -0.05) is 13.8 Å². The lowest BCUT2D eigenvalue weighted by atomic mass is 10.1. The van der Waals surface area contributed by atoms with E-state index in [1.54, 1.807) is 0 Å². The van der Waals surface area contributed by atoms with Crippen LogP contribution in [-0.4, -0.2) is 41.8 Å². The normalized spacial score (nSPS) is 13.7. The summed E-state index contributed by atoms with van der Waals surface area (Å²) < 4.78 is 9.50. The van der Waals surface area contributed by atoms with Crippen LogP contribution in [0.2, 0.25) is 0 Å². The highest BCUT2D eigenvalue weighted by atomic mass is 16.6. The van der Waals surface area contributed by atoms with Crippen LogP contribution >= 0.6 is 0 Å². The molecule has 0 rings (SSSR count). The SMILES string of the molecule is CC(C)COC(=O)CC[C@H](N)C(=O)O[C@@H](C)C(=O)O. The maximum Gasteiger partial charge on any atom is 0.344 e.